The monoisotopic (exact) mass is 708 g/mol. The number of amides is 2. The number of aliphatic hydroxyl groups is 1. The minimum Gasteiger partial charge on any atom is -0.467 e. The SMILES string of the molecule is COC(=O)C(Cc1ccccc1)NC(=O)NCc1cccc(-c2cccc(C3OC(CSc4nnnn4C)CC(c4ccc(CO)cc4)O3)c2)c1. The van der Waals surface area contributed by atoms with Crippen molar-refractivity contribution in [1.82, 2.24) is 30.8 Å². The second-order valence-corrected chi connectivity index (χ2v) is 13.2. The van der Waals surface area contributed by atoms with E-state index in [0.29, 0.717) is 23.8 Å². The standard InChI is InChI=1S/C38H40N6O6S/c1-44-38(41-42-43-44)51-24-32-21-34(28-16-14-26(23-45)15-17-28)50-36(49-32)31-13-7-12-30(20-31)29-11-6-10-27(18-29)22-39-37(47)40-33(35(46)48-2)19-25-8-4-3-5-9-25/h3-18,20,32-34,36,45H,19,21-24H2,1-2H3,(H2,39,40,47). The van der Waals surface area contributed by atoms with Crippen LogP contribution in [0.5, 0.6) is 0 Å². The van der Waals surface area contributed by atoms with Crippen molar-refractivity contribution < 1.29 is 28.9 Å². The quantitative estimate of drug-likeness (QED) is 0.109. The highest BCUT2D eigenvalue weighted by atomic mass is 32.2. The fourth-order valence-electron chi connectivity index (χ4n) is 5.84. The Morgan fingerprint density at radius 3 is 2.39 bits per heavy atom. The van der Waals surface area contributed by atoms with Crippen LogP contribution in [0.1, 0.15) is 46.6 Å². The number of hydrogen-bond acceptors (Lipinski definition) is 10. The molecule has 0 radical (unpaired) electrons. The van der Waals surface area contributed by atoms with Gasteiger partial charge in [0.15, 0.2) is 6.29 Å². The van der Waals surface area contributed by atoms with Gasteiger partial charge < -0.3 is 30.0 Å². The molecule has 12 nitrogen and oxygen atoms in total. The number of carbonyl (C=O) groups excluding carboxylic acids is 2. The molecule has 3 N–H and O–H groups in total. The summed E-state index contributed by atoms with van der Waals surface area (Å²) in [7, 11) is 3.11. The minimum absolute atomic E-state index is 0.0234. The normalized spacial score (nSPS) is 17.7. The van der Waals surface area contributed by atoms with Crippen molar-refractivity contribution in [3.63, 3.8) is 0 Å². The van der Waals surface area contributed by atoms with E-state index in [1.165, 1.54) is 18.9 Å². The van der Waals surface area contributed by atoms with Crippen molar-refractivity contribution in [3.8, 4) is 11.1 Å². The van der Waals surface area contributed by atoms with E-state index in [0.717, 1.165) is 38.9 Å². The fourth-order valence-corrected chi connectivity index (χ4v) is 6.70. The molecule has 2 amide bonds. The fraction of sp³-hybridized carbons (Fsp3) is 0.289. The predicted octanol–water partition coefficient (Wildman–Crippen LogP) is 5.29. The number of methoxy groups -OCH3 is 1. The first-order chi connectivity index (χ1) is 24.9. The molecule has 13 heteroatoms. The zero-order chi connectivity index (χ0) is 35.6. The maximum atomic E-state index is 12.8. The van der Waals surface area contributed by atoms with Gasteiger partial charge in [0.1, 0.15) is 6.04 Å². The third-order valence-electron chi connectivity index (χ3n) is 8.54. The van der Waals surface area contributed by atoms with Crippen LogP contribution in [0.15, 0.2) is 108 Å². The molecule has 0 bridgehead atoms. The molecule has 51 heavy (non-hydrogen) atoms. The lowest BCUT2D eigenvalue weighted by Crippen LogP contribution is -2.47. The number of nitrogens with zero attached hydrogens (tertiary/aromatic N) is 4. The Labute approximate surface area is 300 Å². The number of esters is 1. The van der Waals surface area contributed by atoms with Gasteiger partial charge in [0, 0.05) is 37.8 Å². The Kier molecular flexibility index (Phi) is 12.1. The lowest BCUT2D eigenvalue weighted by atomic mass is 9.99. The molecular formula is C38H40N6O6S. The second kappa shape index (κ2) is 17.2. The molecule has 1 aromatic heterocycles. The molecule has 5 aromatic rings. The zero-order valence-electron chi connectivity index (χ0n) is 28.3. The van der Waals surface area contributed by atoms with E-state index in [-0.39, 0.29) is 25.4 Å². The van der Waals surface area contributed by atoms with Gasteiger partial charge in [-0.05, 0) is 55.9 Å². The number of urea groups is 1. The summed E-state index contributed by atoms with van der Waals surface area (Å²) >= 11 is 1.53. The summed E-state index contributed by atoms with van der Waals surface area (Å²) < 4.78 is 19.7. The molecule has 0 saturated carbocycles. The van der Waals surface area contributed by atoms with Gasteiger partial charge in [0.25, 0.3) is 0 Å². The number of benzene rings is 4. The highest BCUT2D eigenvalue weighted by Gasteiger charge is 2.33. The Balaban J connectivity index is 1.14. The highest BCUT2D eigenvalue weighted by Crippen LogP contribution is 2.40. The van der Waals surface area contributed by atoms with Crippen LogP contribution in [-0.4, -0.2) is 62.3 Å². The number of rotatable bonds is 13. The van der Waals surface area contributed by atoms with Gasteiger partial charge in [-0.15, -0.1) is 5.10 Å². The van der Waals surface area contributed by atoms with Crippen molar-refractivity contribution in [2.24, 2.45) is 7.05 Å². The summed E-state index contributed by atoms with van der Waals surface area (Å²) in [6.07, 6.45) is -0.0469. The molecule has 1 aliphatic rings. The third-order valence-corrected chi connectivity index (χ3v) is 9.68. The Morgan fingerprint density at radius 2 is 1.67 bits per heavy atom. The molecule has 0 spiro atoms. The van der Waals surface area contributed by atoms with Crippen LogP contribution < -0.4 is 10.6 Å². The van der Waals surface area contributed by atoms with E-state index in [9.17, 15) is 14.7 Å². The van der Waals surface area contributed by atoms with E-state index in [2.05, 4.69) is 32.2 Å². The summed E-state index contributed by atoms with van der Waals surface area (Å²) in [5.41, 5.74) is 6.44. The topological polar surface area (TPSA) is 150 Å². The van der Waals surface area contributed by atoms with Gasteiger partial charge >= 0.3 is 12.0 Å². The van der Waals surface area contributed by atoms with Crippen LogP contribution in [-0.2, 0) is 45.6 Å². The summed E-state index contributed by atoms with van der Waals surface area (Å²) in [4.78, 5) is 25.2. The van der Waals surface area contributed by atoms with Crippen molar-refractivity contribution >= 4 is 23.8 Å². The van der Waals surface area contributed by atoms with E-state index >= 15 is 0 Å². The number of thioether (sulfide) groups is 1. The number of aryl methyl sites for hydroxylation is 1. The average molecular weight is 709 g/mol. The molecule has 0 aliphatic carbocycles. The lowest BCUT2D eigenvalue weighted by molar-refractivity contribution is -0.245. The summed E-state index contributed by atoms with van der Waals surface area (Å²) in [5, 5.41) is 27.6. The first kappa shape index (κ1) is 35.7. The minimum atomic E-state index is -0.822. The largest absolute Gasteiger partial charge is 0.467 e. The van der Waals surface area contributed by atoms with Crippen LogP contribution in [0.25, 0.3) is 11.1 Å². The summed E-state index contributed by atoms with van der Waals surface area (Å²) in [6, 6.07) is 31.9. The van der Waals surface area contributed by atoms with Crippen molar-refractivity contribution in [2.75, 3.05) is 12.9 Å². The molecule has 4 atom stereocenters. The molecule has 4 aromatic carbocycles. The number of aliphatic hydroxyl groups excluding tert-OH is 1. The molecular weight excluding hydrogens is 669 g/mol. The number of ether oxygens (including phenoxy) is 3. The van der Waals surface area contributed by atoms with E-state index in [1.807, 2.05) is 97.1 Å². The smallest absolute Gasteiger partial charge is 0.328 e. The molecule has 6 rings (SSSR count). The van der Waals surface area contributed by atoms with Crippen LogP contribution in [0.2, 0.25) is 0 Å². The van der Waals surface area contributed by atoms with Gasteiger partial charge in [-0.3, -0.25) is 0 Å². The van der Waals surface area contributed by atoms with E-state index in [4.69, 9.17) is 14.2 Å². The van der Waals surface area contributed by atoms with Crippen molar-refractivity contribution in [3.05, 3.63) is 131 Å². The molecule has 4 unspecified atom stereocenters. The molecule has 264 valence electrons. The molecule has 1 saturated heterocycles. The van der Waals surface area contributed by atoms with Gasteiger partial charge in [-0.25, -0.2) is 14.3 Å². The highest BCUT2D eigenvalue weighted by molar-refractivity contribution is 7.99. The van der Waals surface area contributed by atoms with Gasteiger partial charge in [-0.2, -0.15) is 0 Å². The van der Waals surface area contributed by atoms with Gasteiger partial charge in [0.05, 0.1) is 25.9 Å². The Bertz CT molecular complexity index is 1910. The number of carbonyl (C=O) groups is 2. The number of tetrazole rings is 1. The maximum Gasteiger partial charge on any atom is 0.328 e. The predicted molar refractivity (Wildman–Crippen MR) is 191 cm³/mol. The Hall–Kier alpha value is -5.08. The number of aromatic nitrogens is 4. The van der Waals surface area contributed by atoms with Crippen LogP contribution >= 0.6 is 11.8 Å². The first-order valence-electron chi connectivity index (χ1n) is 16.6. The number of nitrogens with one attached hydrogen (secondary N) is 2. The van der Waals surface area contributed by atoms with Crippen LogP contribution in [0, 0.1) is 0 Å². The lowest BCUT2D eigenvalue weighted by Gasteiger charge is -2.36. The second-order valence-electron chi connectivity index (χ2n) is 12.2. The van der Waals surface area contributed by atoms with Crippen molar-refractivity contribution in [2.45, 2.75) is 55.7 Å². The van der Waals surface area contributed by atoms with Gasteiger partial charge in [0.2, 0.25) is 5.16 Å². The summed E-state index contributed by atoms with van der Waals surface area (Å²) in [6.45, 7) is 0.231. The first-order valence-corrected chi connectivity index (χ1v) is 17.6. The van der Waals surface area contributed by atoms with E-state index < -0.39 is 24.3 Å². The zero-order valence-corrected chi connectivity index (χ0v) is 29.2. The van der Waals surface area contributed by atoms with E-state index in [1.54, 1.807) is 11.7 Å². The van der Waals surface area contributed by atoms with Crippen LogP contribution in [0.3, 0.4) is 0 Å². The Morgan fingerprint density at radius 1 is 0.922 bits per heavy atom. The maximum absolute atomic E-state index is 12.8. The van der Waals surface area contributed by atoms with Crippen LogP contribution in [0.4, 0.5) is 4.79 Å². The third kappa shape index (κ3) is 9.58. The number of hydrogen-bond donors (Lipinski definition) is 3. The van der Waals surface area contributed by atoms with Crippen molar-refractivity contribution in [1.29, 1.82) is 0 Å². The molecule has 1 fully saturated rings. The molecule has 1 aliphatic heterocycles. The average Bonchev–Trinajstić information content (AvgIpc) is 3.60. The summed E-state index contributed by atoms with van der Waals surface area (Å²) in [5.74, 6) is 0.120. The van der Waals surface area contributed by atoms with Gasteiger partial charge in [-0.1, -0.05) is 103 Å². The molecule has 2 heterocycles.